The third kappa shape index (κ3) is 3.06. The van der Waals surface area contributed by atoms with E-state index in [0.29, 0.717) is 6.42 Å². The van der Waals surface area contributed by atoms with Crippen molar-refractivity contribution < 1.29 is 14.3 Å². The zero-order chi connectivity index (χ0) is 19.9. The summed E-state index contributed by atoms with van der Waals surface area (Å²) >= 11 is 0. The highest BCUT2D eigenvalue weighted by molar-refractivity contribution is 6.83. The largest absolute Gasteiger partial charge is 0.392 e. The molecule has 2 aliphatic rings. The predicted octanol–water partition coefficient (Wildman–Crippen LogP) is 4.84. The Balaban J connectivity index is 1.78. The number of carbonyl (C=O) groups is 2. The number of carbonyl (C=O) groups excluding carboxylic acids is 2. The van der Waals surface area contributed by atoms with Gasteiger partial charge < -0.3 is 4.74 Å². The fourth-order valence-corrected chi connectivity index (χ4v) is 7.64. The molecule has 2 aromatic rings. The van der Waals surface area contributed by atoms with Crippen molar-refractivity contribution in [3.05, 3.63) is 83.1 Å². The maximum Gasteiger partial charge on any atom is 0.321 e. The number of esters is 2. The lowest BCUT2D eigenvalue weighted by molar-refractivity contribution is -0.155. The molecule has 0 saturated carbocycles. The van der Waals surface area contributed by atoms with Gasteiger partial charge in [0.2, 0.25) is 0 Å². The van der Waals surface area contributed by atoms with E-state index < -0.39 is 19.4 Å². The molecular formula is C24H26O3Si. The second-order valence-corrected chi connectivity index (χ2v) is 13.6. The molecule has 0 radical (unpaired) electrons. The van der Waals surface area contributed by atoms with Crippen molar-refractivity contribution in [1.82, 2.24) is 0 Å². The summed E-state index contributed by atoms with van der Waals surface area (Å²) < 4.78 is 5.15. The van der Waals surface area contributed by atoms with E-state index in [1.54, 1.807) is 0 Å². The molecule has 1 saturated heterocycles. The van der Waals surface area contributed by atoms with E-state index >= 15 is 0 Å². The van der Waals surface area contributed by atoms with Crippen LogP contribution in [0.1, 0.15) is 30.4 Å². The summed E-state index contributed by atoms with van der Waals surface area (Å²) in [5, 5.41) is 1.36. The third-order valence-electron chi connectivity index (χ3n) is 6.60. The number of fused-ring (bicyclic) bond motifs is 1. The molecule has 4 heteroatoms. The van der Waals surface area contributed by atoms with Crippen LogP contribution in [-0.4, -0.2) is 20.0 Å². The van der Waals surface area contributed by atoms with Gasteiger partial charge in [-0.25, -0.2) is 0 Å². The number of allylic oxidation sites excluding steroid dienone is 2. The zero-order valence-corrected chi connectivity index (χ0v) is 17.6. The smallest absolute Gasteiger partial charge is 0.321 e. The van der Waals surface area contributed by atoms with E-state index in [1.807, 2.05) is 43.3 Å². The van der Waals surface area contributed by atoms with Gasteiger partial charge >= 0.3 is 11.9 Å². The first-order valence-electron chi connectivity index (χ1n) is 9.88. The quantitative estimate of drug-likeness (QED) is 0.426. The van der Waals surface area contributed by atoms with Crippen LogP contribution in [-0.2, 0) is 20.4 Å². The van der Waals surface area contributed by atoms with E-state index in [9.17, 15) is 9.59 Å². The molecule has 144 valence electrons. The van der Waals surface area contributed by atoms with Crippen LogP contribution < -0.4 is 0 Å². The van der Waals surface area contributed by atoms with Gasteiger partial charge in [-0.1, -0.05) is 90.6 Å². The number of cyclic esters (lactones) is 2. The van der Waals surface area contributed by atoms with Crippen LogP contribution in [0, 0.1) is 11.3 Å². The van der Waals surface area contributed by atoms with Crippen LogP contribution in [0.2, 0.25) is 13.1 Å². The molecule has 0 bridgehead atoms. The normalized spacial score (nSPS) is 27.2. The average molecular weight is 391 g/mol. The number of hydrogen-bond donors (Lipinski definition) is 0. The summed E-state index contributed by atoms with van der Waals surface area (Å²) in [6, 6.07) is 21.6. The molecule has 0 unspecified atom stereocenters. The second kappa shape index (κ2) is 6.85. The van der Waals surface area contributed by atoms with Crippen LogP contribution >= 0.6 is 0 Å². The minimum absolute atomic E-state index is 0.135. The molecule has 2 aromatic carbocycles. The molecule has 28 heavy (non-hydrogen) atoms. The Labute approximate surface area is 167 Å². The fourth-order valence-electron chi connectivity index (χ4n) is 4.79. The minimum atomic E-state index is -1.82. The minimum Gasteiger partial charge on any atom is -0.392 e. The van der Waals surface area contributed by atoms with Gasteiger partial charge in [-0.05, 0) is 25.0 Å². The van der Waals surface area contributed by atoms with Crippen LogP contribution in [0.5, 0.6) is 0 Å². The molecule has 0 spiro atoms. The van der Waals surface area contributed by atoms with Gasteiger partial charge in [-0.2, -0.15) is 0 Å². The molecule has 3 nitrogen and oxygen atoms in total. The molecule has 1 fully saturated rings. The van der Waals surface area contributed by atoms with Crippen molar-refractivity contribution in [1.29, 1.82) is 0 Å². The Hall–Kier alpha value is -2.46. The average Bonchev–Trinajstić information content (AvgIpc) is 2.91. The molecule has 1 aliphatic heterocycles. The van der Waals surface area contributed by atoms with Crippen molar-refractivity contribution >= 4 is 20.0 Å². The molecule has 3 atom stereocenters. The fraction of sp³-hybridized carbons (Fsp3) is 0.333. The van der Waals surface area contributed by atoms with E-state index in [0.717, 1.165) is 11.6 Å². The summed E-state index contributed by atoms with van der Waals surface area (Å²) in [5.41, 5.74) is 1.58. The standard InChI is InChI=1S/C24H26O3Si/c1-24-20(18-12-8-5-9-13-18)14-19(15-21(24)22(25)27-23(24)26)28(2,3)16-17-10-6-4-7-11-17/h4-14,20-21H,15-16H2,1-3H3/t20-,21+,24+/m0/s1. The van der Waals surface area contributed by atoms with Gasteiger partial charge in [-0.3, -0.25) is 9.59 Å². The number of ether oxygens (including phenoxy) is 1. The SMILES string of the molecule is C[C@]12C(=O)OC(=O)[C@H]1CC([Si](C)(C)Cc1ccccc1)=C[C@H]2c1ccccc1. The summed E-state index contributed by atoms with van der Waals surface area (Å²) in [5.74, 6) is -1.27. The van der Waals surface area contributed by atoms with Gasteiger partial charge in [0.15, 0.2) is 0 Å². The van der Waals surface area contributed by atoms with Gasteiger partial charge in [-0.15, -0.1) is 0 Å². The van der Waals surface area contributed by atoms with Crippen molar-refractivity contribution in [3.8, 4) is 0 Å². The first-order chi connectivity index (χ1) is 13.3. The summed E-state index contributed by atoms with van der Waals surface area (Å²) in [6.45, 7) is 6.62. The number of benzene rings is 2. The summed E-state index contributed by atoms with van der Waals surface area (Å²) in [6.07, 6.45) is 2.93. The Morgan fingerprint density at radius 3 is 2.25 bits per heavy atom. The lowest BCUT2D eigenvalue weighted by Gasteiger charge is -2.41. The molecule has 4 rings (SSSR count). The maximum atomic E-state index is 12.7. The van der Waals surface area contributed by atoms with Gasteiger partial charge in [0.1, 0.15) is 0 Å². The predicted molar refractivity (Wildman–Crippen MR) is 112 cm³/mol. The van der Waals surface area contributed by atoms with Crippen molar-refractivity contribution in [2.75, 3.05) is 0 Å². The Morgan fingerprint density at radius 1 is 1.00 bits per heavy atom. The lowest BCUT2D eigenvalue weighted by atomic mass is 9.63. The molecule has 0 N–H and O–H groups in total. The van der Waals surface area contributed by atoms with Gasteiger partial charge in [0, 0.05) is 5.92 Å². The van der Waals surface area contributed by atoms with E-state index in [-0.39, 0.29) is 17.9 Å². The summed E-state index contributed by atoms with van der Waals surface area (Å²) in [7, 11) is -1.82. The Kier molecular flexibility index (Phi) is 4.62. The Morgan fingerprint density at radius 2 is 1.61 bits per heavy atom. The Bertz CT molecular complexity index is 933. The van der Waals surface area contributed by atoms with E-state index in [1.165, 1.54) is 10.8 Å². The highest BCUT2D eigenvalue weighted by atomic mass is 28.3. The first-order valence-corrected chi connectivity index (χ1v) is 13.1. The molecule has 0 aromatic heterocycles. The van der Waals surface area contributed by atoms with Crippen molar-refractivity contribution in [2.24, 2.45) is 11.3 Å². The van der Waals surface area contributed by atoms with Crippen LogP contribution in [0.3, 0.4) is 0 Å². The first kappa shape index (κ1) is 18.9. The second-order valence-electron chi connectivity index (χ2n) is 8.87. The van der Waals surface area contributed by atoms with Crippen molar-refractivity contribution in [3.63, 3.8) is 0 Å². The molecule has 1 aliphatic carbocycles. The maximum absolute atomic E-state index is 12.7. The zero-order valence-electron chi connectivity index (χ0n) is 16.6. The van der Waals surface area contributed by atoms with Gasteiger partial charge in [0.05, 0.1) is 19.4 Å². The highest BCUT2D eigenvalue weighted by Gasteiger charge is 2.60. The van der Waals surface area contributed by atoms with Crippen LogP contribution in [0.25, 0.3) is 0 Å². The summed E-state index contributed by atoms with van der Waals surface area (Å²) in [4.78, 5) is 25.3. The van der Waals surface area contributed by atoms with Gasteiger partial charge in [0.25, 0.3) is 0 Å². The molecule has 1 heterocycles. The lowest BCUT2D eigenvalue weighted by Crippen LogP contribution is -2.44. The monoisotopic (exact) mass is 390 g/mol. The highest BCUT2D eigenvalue weighted by Crippen LogP contribution is 2.55. The van der Waals surface area contributed by atoms with Crippen LogP contribution in [0.15, 0.2) is 71.9 Å². The van der Waals surface area contributed by atoms with E-state index in [2.05, 4.69) is 43.4 Å². The third-order valence-corrected chi connectivity index (χ3v) is 10.00. The topological polar surface area (TPSA) is 43.4 Å². The van der Waals surface area contributed by atoms with Crippen molar-refractivity contribution in [2.45, 2.75) is 38.4 Å². The number of rotatable bonds is 4. The molecular weight excluding hydrogens is 364 g/mol. The van der Waals surface area contributed by atoms with E-state index in [4.69, 9.17) is 4.74 Å². The molecule has 0 amide bonds. The number of hydrogen-bond acceptors (Lipinski definition) is 3. The van der Waals surface area contributed by atoms with Crippen LogP contribution in [0.4, 0.5) is 0 Å².